The summed E-state index contributed by atoms with van der Waals surface area (Å²) in [4.78, 5) is 26.0. The van der Waals surface area contributed by atoms with Crippen LogP contribution in [0.2, 0.25) is 5.02 Å². The number of esters is 1. The van der Waals surface area contributed by atoms with Gasteiger partial charge in [-0.25, -0.2) is 9.59 Å². The molecule has 0 aliphatic carbocycles. The van der Waals surface area contributed by atoms with Crippen LogP contribution in [-0.2, 0) is 9.53 Å². The molecule has 0 spiro atoms. The van der Waals surface area contributed by atoms with E-state index in [1.807, 2.05) is 13.8 Å². The largest absolute Gasteiger partial charge is 0.462 e. The Balaban J connectivity index is 2.39. The van der Waals surface area contributed by atoms with Crippen LogP contribution >= 0.6 is 11.6 Å². The molecule has 0 fully saturated rings. The number of nitrogens with zero attached hydrogens (tertiary/aromatic N) is 1. The first-order valence-corrected chi connectivity index (χ1v) is 7.86. The molecule has 1 N–H and O–H groups in total. The summed E-state index contributed by atoms with van der Waals surface area (Å²) >= 11 is 5.92. The second kappa shape index (κ2) is 7.04. The van der Waals surface area contributed by atoms with Crippen molar-refractivity contribution in [3.05, 3.63) is 46.1 Å². The van der Waals surface area contributed by atoms with Crippen LogP contribution in [0.25, 0.3) is 0 Å². The van der Waals surface area contributed by atoms with Crippen molar-refractivity contribution in [2.75, 3.05) is 13.7 Å². The van der Waals surface area contributed by atoms with Gasteiger partial charge >= 0.3 is 12.0 Å². The monoisotopic (exact) mass is 336 g/mol. The number of hydrogen-bond acceptors (Lipinski definition) is 3. The van der Waals surface area contributed by atoms with E-state index in [1.54, 1.807) is 38.2 Å². The Kier molecular flexibility index (Phi) is 5.31. The zero-order chi connectivity index (χ0) is 17.1. The number of urea groups is 1. The van der Waals surface area contributed by atoms with Gasteiger partial charge in [0.1, 0.15) is 0 Å². The van der Waals surface area contributed by atoms with Crippen molar-refractivity contribution in [2.45, 2.75) is 26.8 Å². The van der Waals surface area contributed by atoms with E-state index in [4.69, 9.17) is 16.3 Å². The minimum absolute atomic E-state index is 0.241. The van der Waals surface area contributed by atoms with Crippen molar-refractivity contribution < 1.29 is 14.3 Å². The quantitative estimate of drug-likeness (QED) is 0.856. The number of amides is 2. The number of carbonyl (C=O) groups excluding carboxylic acids is 2. The average molecular weight is 337 g/mol. The van der Waals surface area contributed by atoms with Crippen LogP contribution in [0.4, 0.5) is 4.79 Å². The van der Waals surface area contributed by atoms with Gasteiger partial charge in [-0.3, -0.25) is 0 Å². The van der Waals surface area contributed by atoms with Gasteiger partial charge in [-0.15, -0.1) is 0 Å². The first kappa shape index (κ1) is 17.3. The van der Waals surface area contributed by atoms with E-state index in [2.05, 4.69) is 5.32 Å². The lowest BCUT2D eigenvalue weighted by Gasteiger charge is -2.33. The third-order valence-electron chi connectivity index (χ3n) is 3.73. The van der Waals surface area contributed by atoms with Crippen molar-refractivity contribution in [3.8, 4) is 0 Å². The highest BCUT2D eigenvalue weighted by atomic mass is 35.5. The number of carbonyl (C=O) groups is 2. The molecule has 1 atom stereocenters. The number of nitrogens with one attached hydrogen (secondary N) is 1. The summed E-state index contributed by atoms with van der Waals surface area (Å²) in [6.07, 6.45) is 0. The highest BCUT2D eigenvalue weighted by molar-refractivity contribution is 6.30. The van der Waals surface area contributed by atoms with Gasteiger partial charge in [-0.05, 0) is 30.5 Å². The van der Waals surface area contributed by atoms with Crippen LogP contribution in [0.15, 0.2) is 35.5 Å². The number of hydrogen-bond donors (Lipinski definition) is 1. The molecule has 1 aromatic rings. The molecule has 0 saturated carbocycles. The summed E-state index contributed by atoms with van der Waals surface area (Å²) in [5, 5.41) is 3.43. The molecule has 0 bridgehead atoms. The predicted octanol–water partition coefficient (Wildman–Crippen LogP) is 3.51. The van der Waals surface area contributed by atoms with Gasteiger partial charge in [0.25, 0.3) is 0 Å². The smallest absolute Gasteiger partial charge is 0.338 e. The predicted molar refractivity (Wildman–Crippen MR) is 89.0 cm³/mol. The summed E-state index contributed by atoms with van der Waals surface area (Å²) in [5.74, 6) is -0.173. The first-order chi connectivity index (χ1) is 10.8. The maximum Gasteiger partial charge on any atom is 0.338 e. The summed E-state index contributed by atoms with van der Waals surface area (Å²) in [7, 11) is 1.62. The lowest BCUT2D eigenvalue weighted by Crippen LogP contribution is -2.46. The molecule has 1 aliphatic heterocycles. The molecule has 0 saturated heterocycles. The molecule has 1 aliphatic rings. The van der Waals surface area contributed by atoms with Gasteiger partial charge in [0.2, 0.25) is 0 Å². The molecule has 1 heterocycles. The van der Waals surface area contributed by atoms with Gasteiger partial charge in [0, 0.05) is 17.8 Å². The van der Waals surface area contributed by atoms with Crippen molar-refractivity contribution in [1.29, 1.82) is 0 Å². The molecule has 0 aromatic heterocycles. The van der Waals surface area contributed by atoms with Gasteiger partial charge in [-0.1, -0.05) is 37.6 Å². The van der Waals surface area contributed by atoms with Gasteiger partial charge in [0.15, 0.2) is 0 Å². The Morgan fingerprint density at radius 1 is 1.35 bits per heavy atom. The van der Waals surface area contributed by atoms with Crippen LogP contribution in [0.1, 0.15) is 32.4 Å². The Morgan fingerprint density at radius 2 is 1.96 bits per heavy atom. The molecule has 0 unspecified atom stereocenters. The van der Waals surface area contributed by atoms with Gasteiger partial charge in [-0.2, -0.15) is 0 Å². The zero-order valence-corrected chi connectivity index (χ0v) is 14.5. The molecule has 1 aromatic carbocycles. The standard InChI is InChI=1S/C17H21ClN2O3/c1-10(2)9-23-16(21)14-11(3)20(4)17(22)19-15(14)12-5-7-13(18)8-6-12/h5-8,10,15H,9H2,1-4H3,(H,19,22)/t15-/m0/s1. The van der Waals surface area contributed by atoms with E-state index in [9.17, 15) is 9.59 Å². The second-order valence-corrected chi connectivity index (χ2v) is 6.42. The second-order valence-electron chi connectivity index (χ2n) is 5.98. The van der Waals surface area contributed by atoms with Crippen molar-refractivity contribution in [2.24, 2.45) is 5.92 Å². The molecular formula is C17H21ClN2O3. The van der Waals surface area contributed by atoms with E-state index in [1.165, 1.54) is 4.90 Å². The fraction of sp³-hybridized carbons (Fsp3) is 0.412. The van der Waals surface area contributed by atoms with E-state index in [0.29, 0.717) is 22.9 Å². The summed E-state index contributed by atoms with van der Waals surface area (Å²) in [6, 6.07) is 6.24. The summed E-state index contributed by atoms with van der Waals surface area (Å²) < 4.78 is 5.37. The lowest BCUT2D eigenvalue weighted by molar-refractivity contribution is -0.140. The van der Waals surface area contributed by atoms with Crippen LogP contribution < -0.4 is 5.32 Å². The minimum atomic E-state index is -0.546. The van der Waals surface area contributed by atoms with Crippen molar-refractivity contribution in [3.63, 3.8) is 0 Å². The van der Waals surface area contributed by atoms with Crippen LogP contribution in [0, 0.1) is 5.92 Å². The lowest BCUT2D eigenvalue weighted by atomic mass is 9.95. The normalized spacial score (nSPS) is 18.3. The topological polar surface area (TPSA) is 58.6 Å². The van der Waals surface area contributed by atoms with Crippen LogP contribution in [0.5, 0.6) is 0 Å². The number of halogens is 1. The SMILES string of the molecule is CC1=C(C(=O)OCC(C)C)[C@H](c2ccc(Cl)cc2)NC(=O)N1C. The molecular weight excluding hydrogens is 316 g/mol. The maximum absolute atomic E-state index is 12.5. The molecule has 2 amide bonds. The molecule has 0 radical (unpaired) electrons. The highest BCUT2D eigenvalue weighted by Gasteiger charge is 2.35. The third-order valence-corrected chi connectivity index (χ3v) is 3.98. The van der Waals surface area contributed by atoms with E-state index < -0.39 is 12.0 Å². The fourth-order valence-electron chi connectivity index (χ4n) is 2.33. The van der Waals surface area contributed by atoms with E-state index in [-0.39, 0.29) is 11.9 Å². The fourth-order valence-corrected chi connectivity index (χ4v) is 2.45. The Labute approximate surface area is 141 Å². The highest BCUT2D eigenvalue weighted by Crippen LogP contribution is 2.31. The summed E-state index contributed by atoms with van der Waals surface area (Å²) in [6.45, 7) is 6.02. The molecule has 23 heavy (non-hydrogen) atoms. The van der Waals surface area contributed by atoms with Crippen LogP contribution in [-0.4, -0.2) is 30.6 Å². The van der Waals surface area contributed by atoms with E-state index >= 15 is 0 Å². The number of benzene rings is 1. The molecule has 6 heteroatoms. The maximum atomic E-state index is 12.5. The number of rotatable bonds is 4. The van der Waals surface area contributed by atoms with E-state index in [0.717, 1.165) is 5.56 Å². The Bertz CT molecular complexity index is 638. The van der Waals surface area contributed by atoms with Gasteiger partial charge < -0.3 is 15.0 Å². The number of allylic oxidation sites excluding steroid dienone is 1. The summed E-state index contributed by atoms with van der Waals surface area (Å²) in [5.41, 5.74) is 1.81. The average Bonchev–Trinajstić information content (AvgIpc) is 2.50. The Hall–Kier alpha value is -2.01. The molecule has 5 nitrogen and oxygen atoms in total. The van der Waals surface area contributed by atoms with Gasteiger partial charge in [0.05, 0.1) is 18.2 Å². The third kappa shape index (κ3) is 3.85. The first-order valence-electron chi connectivity index (χ1n) is 7.48. The minimum Gasteiger partial charge on any atom is -0.462 e. The number of ether oxygens (including phenoxy) is 1. The van der Waals surface area contributed by atoms with Crippen LogP contribution in [0.3, 0.4) is 0 Å². The van der Waals surface area contributed by atoms with Crippen molar-refractivity contribution >= 4 is 23.6 Å². The molecule has 124 valence electrons. The Morgan fingerprint density at radius 3 is 2.52 bits per heavy atom. The zero-order valence-electron chi connectivity index (χ0n) is 13.7. The van der Waals surface area contributed by atoms with Crippen molar-refractivity contribution in [1.82, 2.24) is 10.2 Å². The molecule has 2 rings (SSSR count).